The zero-order chi connectivity index (χ0) is 12.4. The van der Waals surface area contributed by atoms with Crippen LogP contribution in [-0.2, 0) is 11.3 Å². The Hall–Kier alpha value is -1.47. The van der Waals surface area contributed by atoms with E-state index in [0.717, 1.165) is 5.65 Å². The van der Waals surface area contributed by atoms with Crippen LogP contribution in [0, 0.1) is 4.77 Å². The van der Waals surface area contributed by atoms with Gasteiger partial charge in [0.25, 0.3) is 0 Å². The fourth-order valence-electron chi connectivity index (χ4n) is 1.60. The Morgan fingerprint density at radius 2 is 2.24 bits per heavy atom. The summed E-state index contributed by atoms with van der Waals surface area (Å²) in [4.78, 5) is 11.3. The van der Waals surface area contributed by atoms with Crippen molar-refractivity contribution in [1.29, 1.82) is 0 Å². The second kappa shape index (κ2) is 4.80. The Morgan fingerprint density at radius 3 is 2.88 bits per heavy atom. The van der Waals surface area contributed by atoms with E-state index in [9.17, 15) is 0 Å². The van der Waals surface area contributed by atoms with Crippen molar-refractivity contribution in [3.05, 3.63) is 11.1 Å². The number of nitrogens with one attached hydrogen (secondary N) is 1. The Bertz CT molecular complexity index is 577. The van der Waals surface area contributed by atoms with Gasteiger partial charge in [-0.1, -0.05) is 0 Å². The zero-order valence-corrected chi connectivity index (χ0v) is 10.7. The lowest BCUT2D eigenvalue weighted by Gasteiger charge is -2.10. The van der Waals surface area contributed by atoms with Gasteiger partial charge >= 0.3 is 0 Å². The van der Waals surface area contributed by atoms with Crippen LogP contribution in [0.2, 0.25) is 0 Å². The molecule has 2 aromatic heterocycles. The predicted molar refractivity (Wildman–Crippen MR) is 65.7 cm³/mol. The lowest BCUT2D eigenvalue weighted by molar-refractivity contribution is 0.104. The molecule has 1 atom stereocenters. The standard InChI is InChI=1S/C10H14N4O2S/c1-6(15-2)4-14-8-7(13-10(14)17)9(16-3)12-5-11-8/h5-6H,4H2,1-3H3,(H,13,17). The van der Waals surface area contributed by atoms with Gasteiger partial charge in [-0.3, -0.25) is 4.57 Å². The van der Waals surface area contributed by atoms with Gasteiger partial charge in [-0.25, -0.2) is 4.98 Å². The molecular formula is C10H14N4O2S. The topological polar surface area (TPSA) is 65.0 Å². The van der Waals surface area contributed by atoms with Crippen LogP contribution in [0.15, 0.2) is 6.33 Å². The maximum Gasteiger partial charge on any atom is 0.242 e. The van der Waals surface area contributed by atoms with Gasteiger partial charge in [0, 0.05) is 7.11 Å². The average molecular weight is 254 g/mol. The summed E-state index contributed by atoms with van der Waals surface area (Å²) in [5.74, 6) is 0.491. The van der Waals surface area contributed by atoms with Crippen molar-refractivity contribution < 1.29 is 9.47 Å². The first-order chi connectivity index (χ1) is 8.17. The fourth-order valence-corrected chi connectivity index (χ4v) is 1.86. The number of hydrogen-bond donors (Lipinski definition) is 1. The molecule has 2 heterocycles. The smallest absolute Gasteiger partial charge is 0.242 e. The van der Waals surface area contributed by atoms with E-state index < -0.39 is 0 Å². The van der Waals surface area contributed by atoms with E-state index in [2.05, 4.69) is 15.0 Å². The maximum atomic E-state index is 5.26. The predicted octanol–water partition coefficient (Wildman–Crippen LogP) is 1.53. The van der Waals surface area contributed by atoms with E-state index >= 15 is 0 Å². The highest BCUT2D eigenvalue weighted by Crippen LogP contribution is 2.20. The highest BCUT2D eigenvalue weighted by molar-refractivity contribution is 7.71. The van der Waals surface area contributed by atoms with Gasteiger partial charge in [0.15, 0.2) is 10.4 Å². The van der Waals surface area contributed by atoms with Gasteiger partial charge in [-0.15, -0.1) is 0 Å². The number of H-pyrrole nitrogens is 1. The van der Waals surface area contributed by atoms with Gasteiger partial charge in [-0.2, -0.15) is 4.98 Å². The lowest BCUT2D eigenvalue weighted by atomic mass is 10.4. The Labute approximate surface area is 104 Å². The SMILES string of the molecule is COc1ncnc2c1[nH]c(=S)n2CC(C)OC. The zero-order valence-electron chi connectivity index (χ0n) is 9.93. The summed E-state index contributed by atoms with van der Waals surface area (Å²) >= 11 is 5.26. The fraction of sp³-hybridized carbons (Fsp3) is 0.500. The number of methoxy groups -OCH3 is 2. The molecule has 92 valence electrons. The number of imidazole rings is 1. The van der Waals surface area contributed by atoms with Crippen molar-refractivity contribution in [1.82, 2.24) is 19.5 Å². The molecule has 0 aromatic carbocycles. The van der Waals surface area contributed by atoms with Crippen molar-refractivity contribution >= 4 is 23.4 Å². The Kier molecular flexibility index (Phi) is 3.39. The van der Waals surface area contributed by atoms with Gasteiger partial charge < -0.3 is 14.5 Å². The van der Waals surface area contributed by atoms with E-state index in [1.54, 1.807) is 14.2 Å². The third kappa shape index (κ3) is 2.16. The number of ether oxygens (including phenoxy) is 2. The first-order valence-corrected chi connectivity index (χ1v) is 5.58. The second-order valence-corrected chi connectivity index (χ2v) is 4.06. The van der Waals surface area contributed by atoms with Crippen LogP contribution in [0.1, 0.15) is 6.92 Å². The summed E-state index contributed by atoms with van der Waals surface area (Å²) in [6.45, 7) is 2.61. The minimum absolute atomic E-state index is 0.0571. The summed E-state index contributed by atoms with van der Waals surface area (Å²) in [7, 11) is 3.23. The number of hydrogen-bond acceptors (Lipinski definition) is 5. The van der Waals surface area contributed by atoms with Crippen molar-refractivity contribution in [2.75, 3.05) is 14.2 Å². The molecule has 0 saturated heterocycles. The van der Waals surface area contributed by atoms with Crippen LogP contribution in [0.3, 0.4) is 0 Å². The summed E-state index contributed by atoms with van der Waals surface area (Å²) < 4.78 is 12.8. The molecule has 0 aliphatic carbocycles. The van der Waals surface area contributed by atoms with Crippen molar-refractivity contribution in [3.63, 3.8) is 0 Å². The molecule has 6 nitrogen and oxygen atoms in total. The molecule has 2 rings (SSSR count). The van der Waals surface area contributed by atoms with Gasteiger partial charge in [-0.05, 0) is 19.1 Å². The van der Waals surface area contributed by atoms with Crippen molar-refractivity contribution in [2.45, 2.75) is 19.6 Å². The van der Waals surface area contributed by atoms with Crippen LogP contribution in [0.4, 0.5) is 0 Å². The largest absolute Gasteiger partial charge is 0.479 e. The summed E-state index contributed by atoms with van der Waals surface area (Å²) in [5, 5.41) is 0. The molecule has 0 bridgehead atoms. The van der Waals surface area contributed by atoms with Crippen LogP contribution in [0.5, 0.6) is 5.88 Å². The molecule has 0 radical (unpaired) electrons. The highest BCUT2D eigenvalue weighted by atomic mass is 32.1. The van der Waals surface area contributed by atoms with E-state index in [4.69, 9.17) is 21.7 Å². The molecule has 0 aliphatic heterocycles. The van der Waals surface area contributed by atoms with E-state index in [1.807, 2.05) is 11.5 Å². The summed E-state index contributed by atoms with van der Waals surface area (Å²) in [6.07, 6.45) is 1.51. The molecule has 0 amide bonds. The van der Waals surface area contributed by atoms with Crippen LogP contribution < -0.4 is 4.74 Å². The number of rotatable bonds is 4. The molecule has 17 heavy (non-hydrogen) atoms. The second-order valence-electron chi connectivity index (χ2n) is 3.67. The highest BCUT2D eigenvalue weighted by Gasteiger charge is 2.13. The first-order valence-electron chi connectivity index (χ1n) is 5.17. The van der Waals surface area contributed by atoms with Gasteiger partial charge in [0.1, 0.15) is 11.8 Å². The van der Waals surface area contributed by atoms with Crippen LogP contribution >= 0.6 is 12.2 Å². The normalized spacial score (nSPS) is 12.9. The molecule has 7 heteroatoms. The van der Waals surface area contributed by atoms with Gasteiger partial charge in [0.05, 0.1) is 19.8 Å². The van der Waals surface area contributed by atoms with Crippen molar-refractivity contribution in [2.24, 2.45) is 0 Å². The molecule has 0 spiro atoms. The summed E-state index contributed by atoms with van der Waals surface area (Å²) in [5.41, 5.74) is 1.44. The molecule has 0 fully saturated rings. The number of aromatic nitrogens is 4. The third-order valence-electron chi connectivity index (χ3n) is 2.56. The number of fused-ring (bicyclic) bond motifs is 1. The van der Waals surface area contributed by atoms with Crippen molar-refractivity contribution in [3.8, 4) is 5.88 Å². The van der Waals surface area contributed by atoms with E-state index in [1.165, 1.54) is 6.33 Å². The van der Waals surface area contributed by atoms with E-state index in [0.29, 0.717) is 22.7 Å². The Balaban J connectivity index is 2.56. The minimum atomic E-state index is 0.0571. The van der Waals surface area contributed by atoms with Crippen LogP contribution in [-0.4, -0.2) is 39.8 Å². The first kappa shape index (κ1) is 12.0. The third-order valence-corrected chi connectivity index (χ3v) is 2.88. The molecule has 2 aromatic rings. The number of aromatic amines is 1. The lowest BCUT2D eigenvalue weighted by Crippen LogP contribution is -2.15. The monoisotopic (exact) mass is 254 g/mol. The Morgan fingerprint density at radius 1 is 1.47 bits per heavy atom. The molecular weight excluding hydrogens is 240 g/mol. The molecule has 1 N–H and O–H groups in total. The van der Waals surface area contributed by atoms with E-state index in [-0.39, 0.29) is 6.10 Å². The van der Waals surface area contributed by atoms with Crippen LogP contribution in [0.25, 0.3) is 11.2 Å². The average Bonchev–Trinajstić information content (AvgIpc) is 2.66. The molecule has 0 saturated carbocycles. The minimum Gasteiger partial charge on any atom is -0.479 e. The van der Waals surface area contributed by atoms with Gasteiger partial charge in [0.2, 0.25) is 5.88 Å². The quantitative estimate of drug-likeness (QED) is 0.838. The summed E-state index contributed by atoms with van der Waals surface area (Å²) in [6, 6.07) is 0. The number of nitrogens with zero attached hydrogens (tertiary/aromatic N) is 3. The maximum absolute atomic E-state index is 5.26. The molecule has 0 aliphatic rings. The molecule has 1 unspecified atom stereocenters.